The molecule has 1 amide bonds. The summed E-state index contributed by atoms with van der Waals surface area (Å²) in [6, 6.07) is 1.99. The third-order valence-electron chi connectivity index (χ3n) is 3.74. The average Bonchev–Trinajstić information content (AvgIpc) is 2.49. The molecule has 0 spiro atoms. The Morgan fingerprint density at radius 3 is 2.53 bits per heavy atom. The smallest absolute Gasteiger partial charge is 0.255 e. The summed E-state index contributed by atoms with van der Waals surface area (Å²) in [5, 5.41) is 0. The Morgan fingerprint density at radius 1 is 1.21 bits per heavy atom. The Labute approximate surface area is 115 Å². The Morgan fingerprint density at radius 2 is 1.89 bits per heavy atom. The fourth-order valence-corrected chi connectivity index (χ4v) is 2.56. The maximum Gasteiger partial charge on any atom is 0.255 e. The van der Waals surface area contributed by atoms with Crippen molar-refractivity contribution >= 4 is 11.6 Å². The van der Waals surface area contributed by atoms with E-state index in [0.717, 1.165) is 31.9 Å². The van der Waals surface area contributed by atoms with E-state index in [0.29, 0.717) is 5.56 Å². The van der Waals surface area contributed by atoms with Crippen LogP contribution in [0.5, 0.6) is 0 Å². The number of carbonyl (C=O) groups excluding carboxylic acids is 1. The van der Waals surface area contributed by atoms with Crippen LogP contribution in [0, 0.1) is 0 Å². The molecule has 0 aromatic carbocycles. The van der Waals surface area contributed by atoms with Crippen LogP contribution in [0.15, 0.2) is 18.5 Å². The number of hydrogen-bond donors (Lipinski definition) is 0. The molecule has 0 radical (unpaired) electrons. The van der Waals surface area contributed by atoms with Gasteiger partial charge in [-0.25, -0.2) is 0 Å². The van der Waals surface area contributed by atoms with Crippen molar-refractivity contribution in [1.29, 1.82) is 0 Å². The quantitative estimate of drug-likeness (QED) is 0.835. The highest BCUT2D eigenvalue weighted by molar-refractivity contribution is 5.94. The number of rotatable bonds is 4. The summed E-state index contributed by atoms with van der Waals surface area (Å²) in [5.41, 5.74) is 1.78. The van der Waals surface area contributed by atoms with E-state index in [2.05, 4.69) is 9.88 Å². The topological polar surface area (TPSA) is 36.4 Å². The van der Waals surface area contributed by atoms with Gasteiger partial charge < -0.3 is 9.80 Å². The zero-order chi connectivity index (χ0) is 13.7. The highest BCUT2D eigenvalue weighted by atomic mass is 16.2. The second kappa shape index (κ2) is 6.55. The molecule has 2 rings (SSSR count). The maximum atomic E-state index is 12.3. The van der Waals surface area contributed by atoms with Crippen LogP contribution in [0.2, 0.25) is 0 Å². The summed E-state index contributed by atoms with van der Waals surface area (Å²) in [7, 11) is 0. The maximum absolute atomic E-state index is 12.3. The van der Waals surface area contributed by atoms with Crippen LogP contribution in [-0.4, -0.2) is 42.0 Å². The third-order valence-corrected chi connectivity index (χ3v) is 3.74. The normalized spacial score (nSPS) is 15.4. The fraction of sp³-hybridized carbons (Fsp3) is 0.600. The molecule has 1 aliphatic heterocycles. The van der Waals surface area contributed by atoms with Crippen LogP contribution < -0.4 is 4.90 Å². The van der Waals surface area contributed by atoms with Crippen LogP contribution in [-0.2, 0) is 0 Å². The molecule has 1 fully saturated rings. The SMILES string of the molecule is CCN(CC)C(=O)c1cncc(N2CCCCC2)c1. The van der Waals surface area contributed by atoms with Gasteiger partial charge in [0.25, 0.3) is 5.91 Å². The number of nitrogens with zero attached hydrogens (tertiary/aromatic N) is 3. The summed E-state index contributed by atoms with van der Waals surface area (Å²) in [4.78, 5) is 20.7. The first-order chi connectivity index (χ1) is 9.26. The monoisotopic (exact) mass is 261 g/mol. The fourth-order valence-electron chi connectivity index (χ4n) is 2.56. The molecular weight excluding hydrogens is 238 g/mol. The van der Waals surface area contributed by atoms with Crippen LogP contribution in [0.1, 0.15) is 43.5 Å². The van der Waals surface area contributed by atoms with E-state index in [9.17, 15) is 4.79 Å². The summed E-state index contributed by atoms with van der Waals surface area (Å²) in [6.45, 7) is 7.63. The van der Waals surface area contributed by atoms with Crippen molar-refractivity contribution in [1.82, 2.24) is 9.88 Å². The van der Waals surface area contributed by atoms with Crippen LogP contribution >= 0.6 is 0 Å². The largest absolute Gasteiger partial charge is 0.370 e. The van der Waals surface area contributed by atoms with Gasteiger partial charge in [-0.2, -0.15) is 0 Å². The predicted octanol–water partition coefficient (Wildman–Crippen LogP) is 2.55. The van der Waals surface area contributed by atoms with E-state index in [1.54, 1.807) is 6.20 Å². The van der Waals surface area contributed by atoms with E-state index < -0.39 is 0 Å². The van der Waals surface area contributed by atoms with Gasteiger partial charge in [0, 0.05) is 32.4 Å². The molecule has 0 N–H and O–H groups in total. The van der Waals surface area contributed by atoms with Gasteiger partial charge in [-0.1, -0.05) is 0 Å². The van der Waals surface area contributed by atoms with Crippen molar-refractivity contribution in [2.24, 2.45) is 0 Å². The molecule has 4 heteroatoms. The van der Waals surface area contributed by atoms with Crippen LogP contribution in [0.4, 0.5) is 5.69 Å². The van der Waals surface area contributed by atoms with Crippen LogP contribution in [0.25, 0.3) is 0 Å². The number of anilines is 1. The average molecular weight is 261 g/mol. The first kappa shape index (κ1) is 13.8. The van der Waals surface area contributed by atoms with E-state index in [1.165, 1.54) is 19.3 Å². The number of piperidine rings is 1. The minimum atomic E-state index is 0.0800. The highest BCUT2D eigenvalue weighted by Crippen LogP contribution is 2.20. The molecule has 0 unspecified atom stereocenters. The van der Waals surface area contributed by atoms with Gasteiger partial charge in [0.05, 0.1) is 17.4 Å². The summed E-state index contributed by atoms with van der Waals surface area (Å²) >= 11 is 0. The number of carbonyl (C=O) groups is 1. The number of aromatic nitrogens is 1. The summed E-state index contributed by atoms with van der Waals surface area (Å²) in [5.74, 6) is 0.0800. The van der Waals surface area contributed by atoms with Gasteiger partial charge in [0.15, 0.2) is 0 Å². The summed E-state index contributed by atoms with van der Waals surface area (Å²) in [6.07, 6.45) is 7.31. The van der Waals surface area contributed by atoms with E-state index >= 15 is 0 Å². The third kappa shape index (κ3) is 3.25. The minimum absolute atomic E-state index is 0.0800. The number of pyridine rings is 1. The summed E-state index contributed by atoms with van der Waals surface area (Å²) < 4.78 is 0. The lowest BCUT2D eigenvalue weighted by Gasteiger charge is -2.29. The number of amides is 1. The van der Waals surface area contributed by atoms with E-state index in [1.807, 2.05) is 31.0 Å². The van der Waals surface area contributed by atoms with Gasteiger partial charge in [-0.3, -0.25) is 9.78 Å². The molecule has 104 valence electrons. The first-order valence-electron chi connectivity index (χ1n) is 7.25. The Hall–Kier alpha value is -1.58. The molecule has 1 aliphatic rings. The molecule has 0 atom stereocenters. The lowest BCUT2D eigenvalue weighted by atomic mass is 10.1. The van der Waals surface area contributed by atoms with E-state index in [-0.39, 0.29) is 5.91 Å². The van der Waals surface area contributed by atoms with Crippen molar-refractivity contribution in [3.05, 3.63) is 24.0 Å². The van der Waals surface area contributed by atoms with Crippen LogP contribution in [0.3, 0.4) is 0 Å². The standard InChI is InChI=1S/C15H23N3O/c1-3-17(4-2)15(19)13-10-14(12-16-11-13)18-8-6-5-7-9-18/h10-12H,3-9H2,1-2H3. The zero-order valence-electron chi connectivity index (χ0n) is 11.9. The van der Waals surface area contributed by atoms with Gasteiger partial charge in [0.1, 0.15) is 0 Å². The molecule has 0 bridgehead atoms. The lowest BCUT2D eigenvalue weighted by molar-refractivity contribution is 0.0772. The Bertz CT molecular complexity index is 423. The molecule has 19 heavy (non-hydrogen) atoms. The molecule has 4 nitrogen and oxygen atoms in total. The molecule has 2 heterocycles. The Kier molecular flexibility index (Phi) is 4.77. The predicted molar refractivity (Wildman–Crippen MR) is 77.6 cm³/mol. The molecule has 1 saturated heterocycles. The second-order valence-corrected chi connectivity index (χ2v) is 4.96. The number of hydrogen-bond acceptors (Lipinski definition) is 3. The van der Waals surface area contributed by atoms with Gasteiger partial charge in [-0.15, -0.1) is 0 Å². The minimum Gasteiger partial charge on any atom is -0.370 e. The van der Waals surface area contributed by atoms with Gasteiger partial charge in [-0.05, 0) is 39.2 Å². The van der Waals surface area contributed by atoms with Gasteiger partial charge >= 0.3 is 0 Å². The Balaban J connectivity index is 2.16. The molecule has 1 aromatic heterocycles. The van der Waals surface area contributed by atoms with Crippen molar-refractivity contribution < 1.29 is 4.79 Å². The zero-order valence-corrected chi connectivity index (χ0v) is 11.9. The van der Waals surface area contributed by atoms with E-state index in [4.69, 9.17) is 0 Å². The highest BCUT2D eigenvalue weighted by Gasteiger charge is 2.16. The second-order valence-electron chi connectivity index (χ2n) is 4.96. The molecule has 1 aromatic rings. The lowest BCUT2D eigenvalue weighted by Crippen LogP contribution is -2.32. The van der Waals surface area contributed by atoms with Gasteiger partial charge in [0.2, 0.25) is 0 Å². The van der Waals surface area contributed by atoms with Crippen molar-refractivity contribution in [2.75, 3.05) is 31.1 Å². The molecule has 0 saturated carbocycles. The first-order valence-corrected chi connectivity index (χ1v) is 7.25. The van der Waals surface area contributed by atoms with Crippen molar-refractivity contribution in [2.45, 2.75) is 33.1 Å². The molecule has 0 aliphatic carbocycles. The molecular formula is C15H23N3O. The van der Waals surface area contributed by atoms with Crippen molar-refractivity contribution in [3.63, 3.8) is 0 Å². The van der Waals surface area contributed by atoms with Crippen molar-refractivity contribution in [3.8, 4) is 0 Å².